The predicted molar refractivity (Wildman–Crippen MR) is 99.0 cm³/mol. The summed E-state index contributed by atoms with van der Waals surface area (Å²) in [4.78, 5) is 18.4. The van der Waals surface area contributed by atoms with Gasteiger partial charge in [0.05, 0.1) is 6.20 Å². The molecule has 25 heavy (non-hydrogen) atoms. The molecule has 0 amide bonds. The average molecular weight is 336 g/mol. The Hall–Kier alpha value is -2.40. The molecule has 3 heterocycles. The van der Waals surface area contributed by atoms with Crippen LogP contribution in [0.3, 0.4) is 0 Å². The lowest BCUT2D eigenvalue weighted by molar-refractivity contribution is 0.0983. The number of rotatable bonds is 5. The fraction of sp³-hybridized carbons (Fsp3) is 0.400. The normalized spacial score (nSPS) is 16.5. The number of ketones is 1. The molecule has 0 unspecified atom stereocenters. The van der Waals surface area contributed by atoms with E-state index >= 15 is 0 Å². The van der Waals surface area contributed by atoms with E-state index in [9.17, 15) is 4.79 Å². The number of aromatic amines is 2. The van der Waals surface area contributed by atoms with Crippen LogP contribution in [0.4, 0.5) is 0 Å². The second kappa shape index (κ2) is 6.84. The molecule has 5 nitrogen and oxygen atoms in total. The van der Waals surface area contributed by atoms with Gasteiger partial charge in [-0.1, -0.05) is 0 Å². The summed E-state index contributed by atoms with van der Waals surface area (Å²) in [5.41, 5.74) is 4.38. The minimum absolute atomic E-state index is 0.193. The van der Waals surface area contributed by atoms with E-state index in [0.717, 1.165) is 36.2 Å². The number of carbonyl (C=O) groups excluding carboxylic acids is 1. The van der Waals surface area contributed by atoms with Gasteiger partial charge in [-0.25, -0.2) is 0 Å². The lowest BCUT2D eigenvalue weighted by Gasteiger charge is -2.28. The van der Waals surface area contributed by atoms with Crippen molar-refractivity contribution in [1.82, 2.24) is 20.1 Å². The zero-order valence-corrected chi connectivity index (χ0v) is 14.6. The van der Waals surface area contributed by atoms with Gasteiger partial charge in [-0.3, -0.25) is 9.89 Å². The molecule has 0 spiro atoms. The standard InChI is InChI=1S/C20H24N4O/c1-24-8-6-15(7-9-24)18-13-21-19-4-3-16(10-17(18)19)20(25)5-2-14-11-22-23-12-14/h3-4,10-13,15,21H,2,5-9H2,1H3,(H,22,23). The third-order valence-corrected chi connectivity index (χ3v) is 5.39. The first-order valence-electron chi connectivity index (χ1n) is 9.01. The smallest absolute Gasteiger partial charge is 0.163 e. The number of aryl methyl sites for hydroxylation is 1. The summed E-state index contributed by atoms with van der Waals surface area (Å²) in [6, 6.07) is 6.06. The van der Waals surface area contributed by atoms with Crippen LogP contribution < -0.4 is 0 Å². The number of benzene rings is 1. The molecule has 1 aliphatic heterocycles. The number of aromatic nitrogens is 3. The lowest BCUT2D eigenvalue weighted by Crippen LogP contribution is -2.29. The Morgan fingerprint density at radius 3 is 2.88 bits per heavy atom. The molecule has 1 aliphatic rings. The summed E-state index contributed by atoms with van der Waals surface area (Å²) in [5, 5.41) is 7.94. The van der Waals surface area contributed by atoms with Crippen LogP contribution in [0.5, 0.6) is 0 Å². The van der Waals surface area contributed by atoms with Gasteiger partial charge < -0.3 is 9.88 Å². The van der Waals surface area contributed by atoms with E-state index in [1.807, 2.05) is 18.3 Å². The number of H-pyrrole nitrogens is 2. The van der Waals surface area contributed by atoms with E-state index in [1.54, 1.807) is 6.20 Å². The first-order chi connectivity index (χ1) is 12.2. The van der Waals surface area contributed by atoms with Crippen molar-refractivity contribution >= 4 is 16.7 Å². The molecule has 1 aromatic carbocycles. The van der Waals surface area contributed by atoms with E-state index in [0.29, 0.717) is 12.3 Å². The maximum absolute atomic E-state index is 12.6. The van der Waals surface area contributed by atoms with Crippen LogP contribution in [0.15, 0.2) is 36.8 Å². The zero-order valence-electron chi connectivity index (χ0n) is 14.6. The molecule has 2 N–H and O–H groups in total. The van der Waals surface area contributed by atoms with E-state index in [2.05, 4.69) is 39.4 Å². The predicted octanol–water partition coefficient (Wildman–Crippen LogP) is 3.52. The number of Topliss-reactive ketones (excluding diaryl/α,β-unsaturated/α-hetero) is 1. The fourth-order valence-corrected chi connectivity index (χ4v) is 3.79. The number of piperidine rings is 1. The molecule has 1 saturated heterocycles. The largest absolute Gasteiger partial charge is 0.361 e. The van der Waals surface area contributed by atoms with Gasteiger partial charge in [0, 0.05) is 35.3 Å². The number of hydrogen-bond acceptors (Lipinski definition) is 3. The molecular formula is C20H24N4O. The summed E-state index contributed by atoms with van der Waals surface area (Å²) in [7, 11) is 2.18. The summed E-state index contributed by atoms with van der Waals surface area (Å²) >= 11 is 0. The lowest BCUT2D eigenvalue weighted by atomic mass is 9.89. The fourth-order valence-electron chi connectivity index (χ4n) is 3.79. The molecule has 130 valence electrons. The number of hydrogen-bond donors (Lipinski definition) is 2. The van der Waals surface area contributed by atoms with Gasteiger partial charge in [0.1, 0.15) is 0 Å². The SMILES string of the molecule is CN1CCC(c2c[nH]c3ccc(C(=O)CCc4cn[nH]c4)cc23)CC1. The topological polar surface area (TPSA) is 64.8 Å². The second-order valence-electron chi connectivity index (χ2n) is 7.11. The van der Waals surface area contributed by atoms with Crippen LogP contribution in [-0.2, 0) is 6.42 Å². The molecule has 5 heteroatoms. The Kier molecular flexibility index (Phi) is 4.40. The van der Waals surface area contributed by atoms with Crippen molar-refractivity contribution in [3.8, 4) is 0 Å². The maximum Gasteiger partial charge on any atom is 0.163 e. The van der Waals surface area contributed by atoms with E-state index in [1.165, 1.54) is 23.8 Å². The molecule has 3 aromatic rings. The van der Waals surface area contributed by atoms with E-state index in [-0.39, 0.29) is 5.78 Å². The van der Waals surface area contributed by atoms with E-state index in [4.69, 9.17) is 0 Å². The monoisotopic (exact) mass is 336 g/mol. The van der Waals surface area contributed by atoms with Crippen molar-refractivity contribution in [2.24, 2.45) is 0 Å². The van der Waals surface area contributed by atoms with Gasteiger partial charge in [-0.15, -0.1) is 0 Å². The summed E-state index contributed by atoms with van der Waals surface area (Å²) in [5.74, 6) is 0.778. The Bertz CT molecular complexity index is 857. The summed E-state index contributed by atoms with van der Waals surface area (Å²) in [6.45, 7) is 2.28. The minimum Gasteiger partial charge on any atom is -0.361 e. The average Bonchev–Trinajstić information content (AvgIpc) is 3.29. The Balaban J connectivity index is 1.54. The molecule has 2 aromatic heterocycles. The van der Waals surface area contributed by atoms with Gasteiger partial charge in [0.2, 0.25) is 0 Å². The van der Waals surface area contributed by atoms with Crippen LogP contribution in [-0.4, -0.2) is 46.0 Å². The minimum atomic E-state index is 0.193. The third-order valence-electron chi connectivity index (χ3n) is 5.39. The van der Waals surface area contributed by atoms with Gasteiger partial charge in [0.15, 0.2) is 5.78 Å². The quantitative estimate of drug-likeness (QED) is 0.701. The molecule has 0 atom stereocenters. The van der Waals surface area contributed by atoms with Crippen molar-refractivity contribution in [2.75, 3.05) is 20.1 Å². The molecule has 0 bridgehead atoms. The zero-order chi connectivity index (χ0) is 17.2. The van der Waals surface area contributed by atoms with Crippen LogP contribution in [0.25, 0.3) is 10.9 Å². The summed E-state index contributed by atoms with van der Waals surface area (Å²) in [6.07, 6.45) is 9.37. The Morgan fingerprint density at radius 1 is 1.28 bits per heavy atom. The molecule has 4 rings (SSSR count). The Labute approximate surface area is 147 Å². The highest BCUT2D eigenvalue weighted by molar-refractivity contribution is 6.00. The van der Waals surface area contributed by atoms with Crippen LogP contribution in [0.2, 0.25) is 0 Å². The highest BCUT2D eigenvalue weighted by Gasteiger charge is 2.21. The summed E-state index contributed by atoms with van der Waals surface area (Å²) < 4.78 is 0. The first-order valence-corrected chi connectivity index (χ1v) is 9.01. The molecule has 0 saturated carbocycles. The molecule has 1 fully saturated rings. The number of fused-ring (bicyclic) bond motifs is 1. The van der Waals surface area contributed by atoms with Crippen molar-refractivity contribution in [3.63, 3.8) is 0 Å². The third kappa shape index (κ3) is 3.37. The molecule has 0 radical (unpaired) electrons. The maximum atomic E-state index is 12.6. The number of carbonyl (C=O) groups is 1. The van der Waals surface area contributed by atoms with Gasteiger partial charge >= 0.3 is 0 Å². The van der Waals surface area contributed by atoms with Crippen molar-refractivity contribution in [1.29, 1.82) is 0 Å². The van der Waals surface area contributed by atoms with Gasteiger partial charge in [-0.2, -0.15) is 5.10 Å². The number of likely N-dealkylation sites (tertiary alicyclic amines) is 1. The second-order valence-corrected chi connectivity index (χ2v) is 7.11. The highest BCUT2D eigenvalue weighted by Crippen LogP contribution is 2.33. The van der Waals surface area contributed by atoms with Gasteiger partial charge in [0.25, 0.3) is 0 Å². The van der Waals surface area contributed by atoms with Crippen molar-refractivity contribution in [3.05, 3.63) is 53.5 Å². The van der Waals surface area contributed by atoms with Crippen LogP contribution in [0, 0.1) is 0 Å². The Morgan fingerprint density at radius 2 is 2.12 bits per heavy atom. The van der Waals surface area contributed by atoms with E-state index < -0.39 is 0 Å². The van der Waals surface area contributed by atoms with Crippen LogP contribution >= 0.6 is 0 Å². The molecule has 0 aliphatic carbocycles. The van der Waals surface area contributed by atoms with Crippen LogP contribution in [0.1, 0.15) is 46.7 Å². The van der Waals surface area contributed by atoms with Gasteiger partial charge in [-0.05, 0) is 74.6 Å². The molecular weight excluding hydrogens is 312 g/mol. The van der Waals surface area contributed by atoms with Crippen molar-refractivity contribution < 1.29 is 4.79 Å². The number of nitrogens with zero attached hydrogens (tertiary/aromatic N) is 2. The van der Waals surface area contributed by atoms with Crippen molar-refractivity contribution in [2.45, 2.75) is 31.6 Å². The first kappa shape index (κ1) is 16.1. The number of nitrogens with one attached hydrogen (secondary N) is 2. The highest BCUT2D eigenvalue weighted by atomic mass is 16.1.